The van der Waals surface area contributed by atoms with E-state index in [1.807, 2.05) is 0 Å². The number of hydrogen-bond donors (Lipinski definition) is 0. The lowest BCUT2D eigenvalue weighted by Crippen LogP contribution is -2.49. The second kappa shape index (κ2) is 7.13. The fourth-order valence-electron chi connectivity index (χ4n) is 5.33. The molecule has 0 atom stereocenters. The standard InChI is InChI=1S/C18H36B2N2/c1-13(2)21(14(3)4)19-9-17-11-20(12-18(17)10-19)22(15(5)6)16(7)8/h13-16H,9-12H2,1-8H3. The van der Waals surface area contributed by atoms with Crippen molar-refractivity contribution >= 4 is 13.7 Å². The third kappa shape index (κ3) is 3.64. The summed E-state index contributed by atoms with van der Waals surface area (Å²) in [5.74, 6) is 0. The zero-order chi connectivity index (χ0) is 16.6. The Labute approximate surface area is 139 Å². The lowest BCUT2D eigenvalue weighted by Gasteiger charge is -2.37. The van der Waals surface area contributed by atoms with Crippen LogP contribution in [-0.2, 0) is 0 Å². The van der Waals surface area contributed by atoms with E-state index in [2.05, 4.69) is 65.0 Å². The molecule has 0 N–H and O–H groups in total. The minimum atomic E-state index is 0.656. The summed E-state index contributed by atoms with van der Waals surface area (Å²) in [6.07, 6.45) is 5.30. The maximum Gasteiger partial charge on any atom is 0.231 e. The van der Waals surface area contributed by atoms with Gasteiger partial charge < -0.3 is 9.62 Å². The van der Waals surface area contributed by atoms with Crippen LogP contribution in [0.15, 0.2) is 11.1 Å². The van der Waals surface area contributed by atoms with E-state index in [1.165, 1.54) is 25.3 Å². The van der Waals surface area contributed by atoms with Gasteiger partial charge in [0.25, 0.3) is 0 Å². The Balaban J connectivity index is 1.99. The van der Waals surface area contributed by atoms with E-state index in [1.54, 1.807) is 11.1 Å². The molecule has 0 bridgehead atoms. The third-order valence-corrected chi connectivity index (χ3v) is 5.66. The Bertz CT molecular complexity index is 345. The minimum Gasteiger partial charge on any atom is -0.337 e. The van der Waals surface area contributed by atoms with E-state index in [9.17, 15) is 0 Å². The van der Waals surface area contributed by atoms with Crippen LogP contribution in [0.25, 0.3) is 0 Å². The molecule has 22 heavy (non-hydrogen) atoms. The van der Waals surface area contributed by atoms with Gasteiger partial charge in [0.2, 0.25) is 13.7 Å². The molecule has 0 aliphatic carbocycles. The smallest absolute Gasteiger partial charge is 0.231 e. The van der Waals surface area contributed by atoms with Crippen LogP contribution in [0.4, 0.5) is 0 Å². The summed E-state index contributed by atoms with van der Waals surface area (Å²) in [5, 5.41) is 0. The first-order valence-electron chi connectivity index (χ1n) is 9.47. The topological polar surface area (TPSA) is 6.48 Å². The van der Waals surface area contributed by atoms with Crippen LogP contribution in [0.5, 0.6) is 0 Å². The van der Waals surface area contributed by atoms with Crippen molar-refractivity contribution < 1.29 is 0 Å². The molecule has 0 amide bonds. The number of allylic oxidation sites excluding steroid dienone is 2. The highest BCUT2D eigenvalue weighted by atomic mass is 15.1. The average Bonchev–Trinajstić information content (AvgIpc) is 2.84. The molecule has 0 aromatic rings. The minimum absolute atomic E-state index is 0.656. The molecule has 0 saturated carbocycles. The summed E-state index contributed by atoms with van der Waals surface area (Å²) in [5.41, 5.74) is 3.60. The third-order valence-electron chi connectivity index (χ3n) is 5.66. The molecule has 0 radical (unpaired) electrons. The van der Waals surface area contributed by atoms with Crippen molar-refractivity contribution in [2.75, 3.05) is 0 Å². The second-order valence-electron chi connectivity index (χ2n) is 8.60. The molecule has 2 aliphatic rings. The van der Waals surface area contributed by atoms with Crippen LogP contribution in [0.2, 0.25) is 25.3 Å². The van der Waals surface area contributed by atoms with Gasteiger partial charge in [0.1, 0.15) is 0 Å². The highest BCUT2D eigenvalue weighted by Gasteiger charge is 2.42. The SMILES string of the molecule is CC(C)N(B1CC2=C(C1)CB(N(C(C)C)C(C)C)C2)C(C)C. The summed E-state index contributed by atoms with van der Waals surface area (Å²) in [6.45, 7) is 20.3. The zero-order valence-corrected chi connectivity index (χ0v) is 16.2. The average molecular weight is 302 g/mol. The van der Waals surface area contributed by atoms with Crippen molar-refractivity contribution in [3.8, 4) is 0 Å². The lowest BCUT2D eigenvalue weighted by molar-refractivity contribution is 0.301. The molecule has 0 saturated heterocycles. The number of nitrogens with zero attached hydrogens (tertiary/aromatic N) is 2. The molecular formula is C18H36B2N2. The Morgan fingerprint density at radius 3 is 0.955 bits per heavy atom. The van der Waals surface area contributed by atoms with Crippen molar-refractivity contribution in [1.82, 2.24) is 9.62 Å². The van der Waals surface area contributed by atoms with Crippen LogP contribution >= 0.6 is 0 Å². The molecule has 0 aromatic heterocycles. The maximum atomic E-state index is 2.73. The predicted octanol–water partition coefficient (Wildman–Crippen LogP) is 4.53. The molecular weight excluding hydrogens is 266 g/mol. The van der Waals surface area contributed by atoms with Crippen LogP contribution in [0, 0.1) is 0 Å². The first-order chi connectivity index (χ1) is 10.2. The number of hydrogen-bond acceptors (Lipinski definition) is 2. The molecule has 2 rings (SSSR count). The molecule has 2 nitrogen and oxygen atoms in total. The Hall–Kier alpha value is -0.210. The van der Waals surface area contributed by atoms with Gasteiger partial charge in [0.15, 0.2) is 0 Å². The fourth-order valence-corrected chi connectivity index (χ4v) is 5.33. The molecule has 0 fully saturated rings. The van der Waals surface area contributed by atoms with Gasteiger partial charge in [-0.05, 0) is 49.4 Å². The Morgan fingerprint density at radius 2 is 0.773 bits per heavy atom. The van der Waals surface area contributed by atoms with Gasteiger partial charge in [-0.1, -0.05) is 66.5 Å². The normalized spacial score (nSPS) is 19.4. The fraction of sp³-hybridized carbons (Fsp3) is 0.889. The van der Waals surface area contributed by atoms with Gasteiger partial charge in [-0.3, -0.25) is 0 Å². The molecule has 124 valence electrons. The van der Waals surface area contributed by atoms with Gasteiger partial charge in [-0.15, -0.1) is 0 Å². The highest BCUT2D eigenvalue weighted by molar-refractivity contribution is 6.64. The molecule has 0 spiro atoms. The highest BCUT2D eigenvalue weighted by Crippen LogP contribution is 2.43. The first-order valence-corrected chi connectivity index (χ1v) is 9.47. The van der Waals surface area contributed by atoms with E-state index in [0.717, 1.165) is 13.7 Å². The van der Waals surface area contributed by atoms with E-state index in [-0.39, 0.29) is 0 Å². The second-order valence-corrected chi connectivity index (χ2v) is 8.60. The van der Waals surface area contributed by atoms with Crippen molar-refractivity contribution in [2.24, 2.45) is 0 Å². The molecule has 2 aliphatic heterocycles. The predicted molar refractivity (Wildman–Crippen MR) is 102 cm³/mol. The summed E-state index contributed by atoms with van der Waals surface area (Å²) in [4.78, 5) is 5.46. The number of rotatable bonds is 6. The van der Waals surface area contributed by atoms with Gasteiger partial charge in [0.05, 0.1) is 0 Å². The lowest BCUT2D eigenvalue weighted by atomic mass is 9.48. The van der Waals surface area contributed by atoms with Crippen molar-refractivity contribution in [2.45, 2.75) is 105 Å². The summed E-state index contributed by atoms with van der Waals surface area (Å²) < 4.78 is 0. The Morgan fingerprint density at radius 1 is 0.545 bits per heavy atom. The molecule has 2 heterocycles. The molecule has 0 aromatic carbocycles. The van der Waals surface area contributed by atoms with Crippen LogP contribution in [-0.4, -0.2) is 47.5 Å². The van der Waals surface area contributed by atoms with Gasteiger partial charge >= 0.3 is 0 Å². The van der Waals surface area contributed by atoms with E-state index < -0.39 is 0 Å². The maximum absolute atomic E-state index is 2.73. The van der Waals surface area contributed by atoms with Crippen molar-refractivity contribution in [3.63, 3.8) is 0 Å². The van der Waals surface area contributed by atoms with Crippen LogP contribution < -0.4 is 0 Å². The van der Waals surface area contributed by atoms with Gasteiger partial charge in [-0.2, -0.15) is 0 Å². The van der Waals surface area contributed by atoms with Crippen molar-refractivity contribution in [1.29, 1.82) is 0 Å². The first kappa shape index (κ1) is 18.1. The summed E-state index contributed by atoms with van der Waals surface area (Å²) in [7, 11) is 0. The van der Waals surface area contributed by atoms with E-state index >= 15 is 0 Å². The van der Waals surface area contributed by atoms with Gasteiger partial charge in [0, 0.05) is 0 Å². The largest absolute Gasteiger partial charge is 0.337 e. The quantitative estimate of drug-likeness (QED) is 0.525. The van der Waals surface area contributed by atoms with Crippen LogP contribution in [0.3, 0.4) is 0 Å². The van der Waals surface area contributed by atoms with Crippen molar-refractivity contribution in [3.05, 3.63) is 11.1 Å². The van der Waals surface area contributed by atoms with E-state index in [0.29, 0.717) is 24.2 Å². The zero-order valence-electron chi connectivity index (χ0n) is 16.2. The monoisotopic (exact) mass is 302 g/mol. The summed E-state index contributed by atoms with van der Waals surface area (Å²) >= 11 is 0. The van der Waals surface area contributed by atoms with E-state index in [4.69, 9.17) is 0 Å². The molecule has 0 unspecified atom stereocenters. The van der Waals surface area contributed by atoms with Gasteiger partial charge in [-0.25, -0.2) is 0 Å². The summed E-state index contributed by atoms with van der Waals surface area (Å²) in [6, 6.07) is 2.62. The molecule has 4 heteroatoms. The van der Waals surface area contributed by atoms with Crippen LogP contribution in [0.1, 0.15) is 55.4 Å². The Kier molecular flexibility index (Phi) is 5.88.